The van der Waals surface area contributed by atoms with Gasteiger partial charge in [0.2, 0.25) is 0 Å². The van der Waals surface area contributed by atoms with E-state index in [1.165, 1.54) is 6.07 Å². The van der Waals surface area contributed by atoms with Gasteiger partial charge in [0.25, 0.3) is 0 Å². The van der Waals surface area contributed by atoms with Gasteiger partial charge in [-0.2, -0.15) is 5.10 Å². The normalized spacial score (nSPS) is 12.9. The van der Waals surface area contributed by atoms with Crippen molar-refractivity contribution in [3.63, 3.8) is 0 Å². The summed E-state index contributed by atoms with van der Waals surface area (Å²) >= 11 is 3.67. The summed E-state index contributed by atoms with van der Waals surface area (Å²) in [7, 11) is 4.08. The Bertz CT molecular complexity index is 1530. The van der Waals surface area contributed by atoms with E-state index in [1.807, 2.05) is 20.2 Å². The van der Waals surface area contributed by atoms with Gasteiger partial charge < -0.3 is 29.7 Å². The first-order chi connectivity index (χ1) is 18.6. The van der Waals surface area contributed by atoms with Crippen LogP contribution < -0.4 is 10.1 Å². The Morgan fingerprint density at radius 1 is 1.13 bits per heavy atom. The van der Waals surface area contributed by atoms with Crippen LogP contribution in [0.15, 0.2) is 41.0 Å². The minimum Gasteiger partial charge on any atom is -0.492 e. The Kier molecular flexibility index (Phi) is 8.60. The fourth-order valence-corrected chi connectivity index (χ4v) is 4.54. The van der Waals surface area contributed by atoms with Crippen LogP contribution in [-0.2, 0) is 9.59 Å². The molecule has 2 heterocycles. The van der Waals surface area contributed by atoms with Crippen molar-refractivity contribution in [1.82, 2.24) is 19.7 Å². The molecular formula is C26H26BrF2N5O5. The van der Waals surface area contributed by atoms with Crippen molar-refractivity contribution in [1.29, 1.82) is 0 Å². The van der Waals surface area contributed by atoms with Crippen LogP contribution in [0.2, 0.25) is 0 Å². The number of aromatic nitrogens is 3. The highest BCUT2D eigenvalue weighted by molar-refractivity contribution is 9.10. The van der Waals surface area contributed by atoms with E-state index < -0.39 is 23.6 Å². The lowest BCUT2D eigenvalue weighted by molar-refractivity contribution is -0.159. The van der Waals surface area contributed by atoms with Gasteiger partial charge in [-0.1, -0.05) is 0 Å². The Morgan fingerprint density at radius 2 is 1.85 bits per heavy atom. The first-order valence-corrected chi connectivity index (χ1v) is 12.8. The first-order valence-electron chi connectivity index (χ1n) is 12.0. The second-order valence-corrected chi connectivity index (χ2v) is 10.1. The molecule has 206 valence electrons. The number of hydrogen-bond donors (Lipinski definition) is 3. The number of anilines is 2. The number of hydrogen-bond acceptors (Lipinski definition) is 7. The number of halogens is 3. The quantitative estimate of drug-likeness (QED) is 0.183. The molecule has 1 fully saturated rings. The molecule has 0 atom stereocenters. The molecule has 0 radical (unpaired) electrons. The van der Waals surface area contributed by atoms with Crippen LogP contribution in [0.4, 0.5) is 20.3 Å². The molecule has 3 N–H and O–H groups in total. The maximum absolute atomic E-state index is 13.8. The topological polar surface area (TPSA) is 130 Å². The molecule has 5 rings (SSSR count). The number of carboxylic acids is 2. The number of aliphatic carboxylic acids is 2. The lowest BCUT2D eigenvalue weighted by Gasteiger charge is -2.12. The number of fused-ring (bicyclic) bond motifs is 3. The number of rotatable bonds is 8. The summed E-state index contributed by atoms with van der Waals surface area (Å²) in [6.45, 7) is 1.54. The molecule has 0 amide bonds. The fourth-order valence-electron chi connectivity index (χ4n) is 4.10. The minimum absolute atomic E-state index is 0.403. The average molecular weight is 606 g/mol. The average Bonchev–Trinajstić information content (AvgIpc) is 3.66. The van der Waals surface area contributed by atoms with E-state index in [9.17, 15) is 8.78 Å². The molecule has 0 aliphatic heterocycles. The van der Waals surface area contributed by atoms with Crippen molar-refractivity contribution in [2.75, 3.05) is 32.6 Å². The molecule has 1 saturated carbocycles. The summed E-state index contributed by atoms with van der Waals surface area (Å²) in [5.41, 5.74) is 2.41. The SMILES string of the molecule is CN(C)CCCOc1cc2c3c(Nc4ccc(F)c(F)c4)nncc3n(C3CC3)c2cc1Br.O=C(O)C(=O)O. The Morgan fingerprint density at radius 3 is 2.46 bits per heavy atom. The third-order valence-corrected chi connectivity index (χ3v) is 6.57. The van der Waals surface area contributed by atoms with Gasteiger partial charge in [0, 0.05) is 29.7 Å². The van der Waals surface area contributed by atoms with Crippen molar-refractivity contribution >= 4 is 61.2 Å². The second-order valence-electron chi connectivity index (χ2n) is 9.22. The summed E-state index contributed by atoms with van der Waals surface area (Å²) in [6.07, 6.45) is 4.88. The molecule has 0 spiro atoms. The Hall–Kier alpha value is -3.84. The van der Waals surface area contributed by atoms with E-state index in [-0.39, 0.29) is 0 Å². The maximum Gasteiger partial charge on any atom is 0.414 e. The second kappa shape index (κ2) is 11.9. The van der Waals surface area contributed by atoms with Gasteiger partial charge in [0.05, 0.1) is 33.7 Å². The minimum atomic E-state index is -1.82. The van der Waals surface area contributed by atoms with Gasteiger partial charge in [-0.15, -0.1) is 5.10 Å². The van der Waals surface area contributed by atoms with E-state index in [4.69, 9.17) is 24.5 Å². The van der Waals surface area contributed by atoms with Crippen LogP contribution in [0, 0.1) is 11.6 Å². The van der Waals surface area contributed by atoms with Gasteiger partial charge in [0.15, 0.2) is 17.5 Å². The third kappa shape index (κ3) is 6.60. The van der Waals surface area contributed by atoms with E-state index in [0.29, 0.717) is 24.2 Å². The van der Waals surface area contributed by atoms with E-state index in [1.54, 1.807) is 6.20 Å². The molecule has 39 heavy (non-hydrogen) atoms. The summed E-state index contributed by atoms with van der Waals surface area (Å²) in [5.74, 6) is -4.21. The molecule has 4 aromatic rings. The molecule has 1 aliphatic rings. The molecular weight excluding hydrogens is 580 g/mol. The largest absolute Gasteiger partial charge is 0.492 e. The van der Waals surface area contributed by atoms with Crippen LogP contribution in [0.3, 0.4) is 0 Å². The highest BCUT2D eigenvalue weighted by Crippen LogP contribution is 2.46. The van der Waals surface area contributed by atoms with Gasteiger partial charge in [-0.05, 0) is 73.6 Å². The molecule has 1 aliphatic carbocycles. The van der Waals surface area contributed by atoms with E-state index in [2.05, 4.69) is 47.0 Å². The van der Waals surface area contributed by atoms with Gasteiger partial charge in [-0.3, -0.25) is 0 Å². The van der Waals surface area contributed by atoms with Crippen molar-refractivity contribution in [2.24, 2.45) is 0 Å². The number of ether oxygens (including phenoxy) is 1. The zero-order valence-corrected chi connectivity index (χ0v) is 22.7. The molecule has 13 heteroatoms. The van der Waals surface area contributed by atoms with Crippen molar-refractivity contribution in [3.05, 3.63) is 52.6 Å². The van der Waals surface area contributed by atoms with Crippen LogP contribution >= 0.6 is 15.9 Å². The third-order valence-electron chi connectivity index (χ3n) is 5.95. The lowest BCUT2D eigenvalue weighted by atomic mass is 10.1. The summed E-state index contributed by atoms with van der Waals surface area (Å²) in [5, 5.41) is 28.2. The standard InChI is InChI=1S/C24H24BrF2N5O.C2H2O4/c1-31(2)8-3-9-33-22-11-16-20(12-17(22)25)32(15-5-6-15)21-13-28-30-24(23(16)21)29-14-4-7-18(26)19(27)10-14;3-1(4)2(5)6/h4,7,10-13,15H,3,5-6,8-9H2,1-2H3,(H,29,30);(H,3,4)(H,5,6). The maximum atomic E-state index is 13.8. The number of nitrogens with one attached hydrogen (secondary N) is 1. The number of benzene rings is 2. The summed E-state index contributed by atoms with van der Waals surface area (Å²) in [6, 6.07) is 8.20. The van der Waals surface area contributed by atoms with E-state index in [0.717, 1.165) is 70.0 Å². The first kappa shape index (κ1) is 28.2. The lowest BCUT2D eigenvalue weighted by Crippen LogP contribution is -2.15. The van der Waals surface area contributed by atoms with Crippen molar-refractivity contribution in [3.8, 4) is 5.75 Å². The molecule has 2 aromatic carbocycles. The number of nitrogens with zero attached hydrogens (tertiary/aromatic N) is 4. The Balaban J connectivity index is 0.000000531. The molecule has 0 saturated heterocycles. The van der Waals surface area contributed by atoms with Gasteiger partial charge in [0.1, 0.15) is 5.75 Å². The van der Waals surface area contributed by atoms with Crippen LogP contribution in [-0.4, -0.2) is 69.1 Å². The van der Waals surface area contributed by atoms with Crippen molar-refractivity contribution < 1.29 is 33.3 Å². The monoisotopic (exact) mass is 605 g/mol. The fraction of sp³-hybridized carbons (Fsp3) is 0.308. The van der Waals surface area contributed by atoms with Gasteiger partial charge >= 0.3 is 11.9 Å². The zero-order valence-electron chi connectivity index (χ0n) is 21.1. The summed E-state index contributed by atoms with van der Waals surface area (Å²) in [4.78, 5) is 20.3. The highest BCUT2D eigenvalue weighted by Gasteiger charge is 2.29. The van der Waals surface area contributed by atoms with E-state index >= 15 is 0 Å². The predicted octanol–water partition coefficient (Wildman–Crippen LogP) is 5.19. The predicted molar refractivity (Wildman–Crippen MR) is 145 cm³/mol. The molecule has 0 unspecified atom stereocenters. The highest BCUT2D eigenvalue weighted by atomic mass is 79.9. The number of carbonyl (C=O) groups is 2. The number of carboxylic acid groups (broad SMARTS) is 2. The molecule has 0 bridgehead atoms. The van der Waals surface area contributed by atoms with Crippen molar-refractivity contribution in [2.45, 2.75) is 25.3 Å². The smallest absolute Gasteiger partial charge is 0.414 e. The van der Waals surface area contributed by atoms with Gasteiger partial charge in [-0.25, -0.2) is 18.4 Å². The van der Waals surface area contributed by atoms with Crippen LogP contribution in [0.5, 0.6) is 5.75 Å². The molecule has 2 aromatic heterocycles. The Labute approximate surface area is 230 Å². The molecule has 10 nitrogen and oxygen atoms in total. The van der Waals surface area contributed by atoms with Crippen LogP contribution in [0.25, 0.3) is 21.8 Å². The van der Waals surface area contributed by atoms with Crippen LogP contribution in [0.1, 0.15) is 25.3 Å². The summed E-state index contributed by atoms with van der Waals surface area (Å²) < 4.78 is 36.4. The zero-order chi connectivity index (χ0) is 28.3.